The van der Waals surface area contributed by atoms with Crippen LogP contribution in [0.1, 0.15) is 20.8 Å². The van der Waals surface area contributed by atoms with Crippen molar-refractivity contribution in [2.75, 3.05) is 17.3 Å². The van der Waals surface area contributed by atoms with E-state index in [4.69, 9.17) is 0 Å². The number of hydrogen-bond donors (Lipinski definition) is 4. The van der Waals surface area contributed by atoms with Gasteiger partial charge in [-0.2, -0.15) is 0 Å². The van der Waals surface area contributed by atoms with Crippen molar-refractivity contribution >= 4 is 19.7 Å². The van der Waals surface area contributed by atoms with Gasteiger partial charge >= 0.3 is 0 Å². The Hall–Kier alpha value is -0.260. The monoisotopic (exact) mass is 348 g/mol. The minimum absolute atomic E-state index is 0.315. The number of sulfone groups is 2. The standard InChI is InChI=1S/C11H24O8S2/c1-4-20(16,17)6-8(21(18,19)5-2)10(14)11(15)9(13)7(3)12/h7-15H,4-6H2,1-3H3/t7-,8+,9-,10-,11+/m0/s1. The third-order valence-electron chi connectivity index (χ3n) is 3.30. The average molecular weight is 348 g/mol. The van der Waals surface area contributed by atoms with E-state index in [1.165, 1.54) is 13.8 Å². The fraction of sp³-hybridized carbons (Fsp3) is 1.00. The molecule has 21 heavy (non-hydrogen) atoms. The summed E-state index contributed by atoms with van der Waals surface area (Å²) in [7, 11) is -7.72. The van der Waals surface area contributed by atoms with Crippen LogP contribution in [-0.2, 0) is 19.7 Å². The third kappa shape index (κ3) is 5.80. The fourth-order valence-corrected chi connectivity index (χ4v) is 5.10. The van der Waals surface area contributed by atoms with Crippen molar-refractivity contribution in [3.05, 3.63) is 0 Å². The van der Waals surface area contributed by atoms with Crippen LogP contribution >= 0.6 is 0 Å². The van der Waals surface area contributed by atoms with Gasteiger partial charge < -0.3 is 20.4 Å². The minimum atomic E-state index is -3.99. The van der Waals surface area contributed by atoms with E-state index in [1.807, 2.05) is 0 Å². The molecule has 128 valence electrons. The topological polar surface area (TPSA) is 149 Å². The van der Waals surface area contributed by atoms with Crippen LogP contribution in [0.4, 0.5) is 0 Å². The van der Waals surface area contributed by atoms with Crippen molar-refractivity contribution in [3.63, 3.8) is 0 Å². The zero-order valence-electron chi connectivity index (χ0n) is 12.2. The van der Waals surface area contributed by atoms with Gasteiger partial charge in [-0.3, -0.25) is 0 Å². The Balaban J connectivity index is 5.52. The van der Waals surface area contributed by atoms with E-state index < -0.39 is 60.8 Å². The molecule has 0 unspecified atom stereocenters. The maximum absolute atomic E-state index is 12.0. The van der Waals surface area contributed by atoms with E-state index in [2.05, 4.69) is 0 Å². The van der Waals surface area contributed by atoms with E-state index in [0.29, 0.717) is 0 Å². The Morgan fingerprint density at radius 2 is 1.29 bits per heavy atom. The second-order valence-corrected chi connectivity index (χ2v) is 9.81. The van der Waals surface area contributed by atoms with Crippen molar-refractivity contribution in [1.82, 2.24) is 0 Å². The van der Waals surface area contributed by atoms with Crippen LogP contribution in [0.15, 0.2) is 0 Å². The van der Waals surface area contributed by atoms with Crippen molar-refractivity contribution < 1.29 is 37.3 Å². The summed E-state index contributed by atoms with van der Waals surface area (Å²) < 4.78 is 47.2. The van der Waals surface area contributed by atoms with Crippen LogP contribution in [0, 0.1) is 0 Å². The molecule has 0 aliphatic heterocycles. The smallest absolute Gasteiger partial charge is 0.156 e. The summed E-state index contributed by atoms with van der Waals surface area (Å²) in [4.78, 5) is 0. The van der Waals surface area contributed by atoms with Gasteiger partial charge in [0.25, 0.3) is 0 Å². The van der Waals surface area contributed by atoms with Crippen molar-refractivity contribution in [2.24, 2.45) is 0 Å². The van der Waals surface area contributed by atoms with Crippen LogP contribution in [0.2, 0.25) is 0 Å². The largest absolute Gasteiger partial charge is 0.391 e. The molecule has 0 aliphatic rings. The zero-order chi connectivity index (χ0) is 17.0. The molecule has 4 N–H and O–H groups in total. The summed E-state index contributed by atoms with van der Waals surface area (Å²) in [5, 5.41) is 36.6. The lowest BCUT2D eigenvalue weighted by molar-refractivity contribution is -0.0990. The van der Waals surface area contributed by atoms with E-state index in [-0.39, 0.29) is 5.75 Å². The average Bonchev–Trinajstić information content (AvgIpc) is 2.42. The summed E-state index contributed by atoms with van der Waals surface area (Å²) >= 11 is 0. The summed E-state index contributed by atoms with van der Waals surface area (Å²) in [6, 6.07) is 0. The second-order valence-electron chi connectivity index (χ2n) is 4.90. The molecule has 5 atom stereocenters. The molecule has 0 aromatic carbocycles. The lowest BCUT2D eigenvalue weighted by Gasteiger charge is -2.30. The van der Waals surface area contributed by atoms with E-state index in [1.54, 1.807) is 0 Å². The van der Waals surface area contributed by atoms with Gasteiger partial charge in [0.15, 0.2) is 19.7 Å². The predicted molar refractivity (Wildman–Crippen MR) is 77.3 cm³/mol. The van der Waals surface area contributed by atoms with Crippen LogP contribution in [0.3, 0.4) is 0 Å². The number of rotatable bonds is 9. The third-order valence-corrected chi connectivity index (χ3v) is 7.43. The Morgan fingerprint density at radius 3 is 1.62 bits per heavy atom. The number of aliphatic hydroxyl groups excluding tert-OH is 4. The molecule has 0 aromatic heterocycles. The molecule has 0 saturated carbocycles. The van der Waals surface area contributed by atoms with Gasteiger partial charge in [-0.05, 0) is 6.92 Å². The summed E-state index contributed by atoms with van der Waals surface area (Å²) in [5.41, 5.74) is 0. The molecule has 10 heteroatoms. The normalized spacial score (nSPS) is 20.5. The zero-order valence-corrected chi connectivity index (χ0v) is 13.9. The van der Waals surface area contributed by atoms with Crippen LogP contribution < -0.4 is 0 Å². The quantitative estimate of drug-likeness (QED) is 0.363. The van der Waals surface area contributed by atoms with Gasteiger partial charge in [0.05, 0.1) is 11.9 Å². The van der Waals surface area contributed by atoms with Crippen LogP contribution in [-0.4, -0.2) is 84.2 Å². The molecule has 0 aromatic rings. The van der Waals surface area contributed by atoms with E-state index >= 15 is 0 Å². The molecule has 0 amide bonds. The summed E-state index contributed by atoms with van der Waals surface area (Å²) in [6.45, 7) is 3.76. The number of aliphatic hydroxyl groups is 4. The number of hydrogen-bond acceptors (Lipinski definition) is 8. The Kier molecular flexibility index (Phi) is 7.74. The molecule has 0 fully saturated rings. The summed E-state index contributed by atoms with van der Waals surface area (Å²) in [5.74, 6) is -1.60. The van der Waals surface area contributed by atoms with Crippen LogP contribution in [0.25, 0.3) is 0 Å². The van der Waals surface area contributed by atoms with E-state index in [9.17, 15) is 37.3 Å². The van der Waals surface area contributed by atoms with Crippen molar-refractivity contribution in [3.8, 4) is 0 Å². The highest BCUT2D eigenvalue weighted by atomic mass is 32.2. The van der Waals surface area contributed by atoms with Gasteiger partial charge in [-0.15, -0.1) is 0 Å². The van der Waals surface area contributed by atoms with Gasteiger partial charge in [-0.1, -0.05) is 13.8 Å². The Morgan fingerprint density at radius 1 is 0.810 bits per heavy atom. The summed E-state index contributed by atoms with van der Waals surface area (Å²) in [6.07, 6.45) is -7.22. The first-order valence-electron chi connectivity index (χ1n) is 6.53. The molecule has 0 saturated heterocycles. The molecular formula is C11H24O8S2. The highest BCUT2D eigenvalue weighted by molar-refractivity contribution is 7.95. The van der Waals surface area contributed by atoms with Crippen molar-refractivity contribution in [2.45, 2.75) is 50.4 Å². The highest BCUT2D eigenvalue weighted by Crippen LogP contribution is 2.17. The molecule has 0 heterocycles. The SMILES string of the molecule is CCS(=O)(=O)C[C@H]([C@H](O)[C@H](O)[C@@H](O)[C@H](C)O)S(=O)(=O)CC. The van der Waals surface area contributed by atoms with Gasteiger partial charge in [0.2, 0.25) is 0 Å². The first kappa shape index (κ1) is 20.7. The minimum Gasteiger partial charge on any atom is -0.391 e. The maximum Gasteiger partial charge on any atom is 0.156 e. The Bertz CT molecular complexity index is 510. The fourth-order valence-electron chi connectivity index (χ4n) is 1.70. The second kappa shape index (κ2) is 7.84. The molecular weight excluding hydrogens is 324 g/mol. The predicted octanol–water partition coefficient (Wildman–Crippen LogP) is -2.31. The van der Waals surface area contributed by atoms with E-state index in [0.717, 1.165) is 6.92 Å². The molecule has 0 spiro atoms. The van der Waals surface area contributed by atoms with Gasteiger partial charge in [0.1, 0.15) is 23.6 Å². The van der Waals surface area contributed by atoms with Gasteiger partial charge in [-0.25, -0.2) is 16.8 Å². The lowest BCUT2D eigenvalue weighted by atomic mass is 10.0. The molecule has 0 bridgehead atoms. The Labute approximate surface area is 125 Å². The highest BCUT2D eigenvalue weighted by Gasteiger charge is 2.41. The first-order valence-corrected chi connectivity index (χ1v) is 10.1. The first-order chi connectivity index (χ1) is 9.39. The molecule has 8 nitrogen and oxygen atoms in total. The molecule has 0 radical (unpaired) electrons. The van der Waals surface area contributed by atoms with Gasteiger partial charge in [0, 0.05) is 11.5 Å². The van der Waals surface area contributed by atoms with Crippen LogP contribution in [0.5, 0.6) is 0 Å². The van der Waals surface area contributed by atoms with Crippen molar-refractivity contribution in [1.29, 1.82) is 0 Å². The lowest BCUT2D eigenvalue weighted by Crippen LogP contribution is -2.53. The molecule has 0 aliphatic carbocycles. The maximum atomic E-state index is 12.0. The molecule has 0 rings (SSSR count).